The Labute approximate surface area is 221 Å². The first-order valence-electron chi connectivity index (χ1n) is 12.7. The zero-order valence-corrected chi connectivity index (χ0v) is 23.6. The molecule has 1 heterocycles. The predicted octanol–water partition coefficient (Wildman–Crippen LogP) is 5.75. The fourth-order valence-electron chi connectivity index (χ4n) is 5.07. The standard InChI is InChI=1S/C30H36FNO4Si/c1-20-18-32(19-21(2)35-20)27-25(16-22(28(33)34)17-26(27)31)30(36-37-29(3,4)5,23-12-8-6-9-13-23)24-14-10-7-11-15-24/h6-17,20-21H,18-19,37H2,1-5H3,(H,33,34). The summed E-state index contributed by atoms with van der Waals surface area (Å²) in [6.45, 7) is 11.3. The second-order valence-corrected chi connectivity index (χ2v) is 13.8. The van der Waals surface area contributed by atoms with Crippen LogP contribution in [0.15, 0.2) is 72.8 Å². The molecule has 0 saturated carbocycles. The number of carboxylic acid groups (broad SMARTS) is 1. The van der Waals surface area contributed by atoms with Crippen molar-refractivity contribution in [2.75, 3.05) is 18.0 Å². The number of carboxylic acids is 1. The summed E-state index contributed by atoms with van der Waals surface area (Å²) in [5.41, 5.74) is 1.21. The maximum absolute atomic E-state index is 16.2. The van der Waals surface area contributed by atoms with Gasteiger partial charge in [0.05, 0.1) is 23.5 Å². The quantitative estimate of drug-likeness (QED) is 0.317. The van der Waals surface area contributed by atoms with Gasteiger partial charge in [0.15, 0.2) is 9.76 Å². The van der Waals surface area contributed by atoms with Crippen LogP contribution in [0.2, 0.25) is 5.04 Å². The van der Waals surface area contributed by atoms with E-state index in [0.29, 0.717) is 24.3 Å². The lowest BCUT2D eigenvalue weighted by atomic mass is 9.78. The van der Waals surface area contributed by atoms with Crippen molar-refractivity contribution >= 4 is 21.4 Å². The number of ether oxygens (including phenoxy) is 1. The molecule has 1 aliphatic heterocycles. The summed E-state index contributed by atoms with van der Waals surface area (Å²) in [4.78, 5) is 14.2. The molecule has 1 fully saturated rings. The van der Waals surface area contributed by atoms with Crippen LogP contribution in [0.1, 0.15) is 61.7 Å². The number of nitrogens with zero attached hydrogens (tertiary/aromatic N) is 1. The maximum atomic E-state index is 16.2. The first kappa shape index (κ1) is 27.0. The lowest BCUT2D eigenvalue weighted by Gasteiger charge is -2.43. The Bertz CT molecular complexity index is 1180. The number of anilines is 1. The molecule has 2 unspecified atom stereocenters. The van der Waals surface area contributed by atoms with Gasteiger partial charge in [-0.05, 0) is 42.1 Å². The van der Waals surface area contributed by atoms with Gasteiger partial charge < -0.3 is 19.2 Å². The minimum Gasteiger partial charge on any atom is -0.478 e. The van der Waals surface area contributed by atoms with E-state index in [4.69, 9.17) is 9.16 Å². The zero-order valence-electron chi connectivity index (χ0n) is 22.2. The Morgan fingerprint density at radius 3 is 1.95 bits per heavy atom. The molecule has 5 nitrogen and oxygen atoms in total. The molecule has 1 aliphatic rings. The molecule has 3 aromatic rings. The average Bonchev–Trinajstić information content (AvgIpc) is 2.84. The number of benzene rings is 3. The van der Waals surface area contributed by atoms with Crippen LogP contribution in [0, 0.1) is 5.82 Å². The van der Waals surface area contributed by atoms with Crippen molar-refractivity contribution in [1.82, 2.24) is 0 Å². The Morgan fingerprint density at radius 1 is 0.973 bits per heavy atom. The highest BCUT2D eigenvalue weighted by Gasteiger charge is 2.43. The molecule has 0 bridgehead atoms. The first-order valence-corrected chi connectivity index (χ1v) is 14.0. The van der Waals surface area contributed by atoms with Gasteiger partial charge in [-0.1, -0.05) is 81.4 Å². The third-order valence-corrected chi connectivity index (χ3v) is 7.95. The van der Waals surface area contributed by atoms with E-state index >= 15 is 4.39 Å². The van der Waals surface area contributed by atoms with Crippen molar-refractivity contribution in [2.45, 2.75) is 57.5 Å². The van der Waals surface area contributed by atoms with Crippen molar-refractivity contribution in [3.05, 3.63) is 101 Å². The van der Waals surface area contributed by atoms with Gasteiger partial charge in [-0.25, -0.2) is 9.18 Å². The topological polar surface area (TPSA) is 59.0 Å². The minimum absolute atomic E-state index is 0.0695. The van der Waals surface area contributed by atoms with E-state index in [0.717, 1.165) is 17.2 Å². The fourth-order valence-corrected chi connectivity index (χ4v) is 6.20. The number of hydrogen-bond acceptors (Lipinski definition) is 4. The first-order chi connectivity index (χ1) is 17.5. The predicted molar refractivity (Wildman–Crippen MR) is 148 cm³/mol. The lowest BCUT2D eigenvalue weighted by molar-refractivity contribution is -0.00563. The molecule has 7 heteroatoms. The maximum Gasteiger partial charge on any atom is 0.335 e. The summed E-state index contributed by atoms with van der Waals surface area (Å²) in [6.07, 6.45) is -0.217. The largest absolute Gasteiger partial charge is 0.478 e. The van der Waals surface area contributed by atoms with E-state index in [-0.39, 0.29) is 22.8 Å². The van der Waals surface area contributed by atoms with Gasteiger partial charge in [-0.15, -0.1) is 0 Å². The molecule has 3 aromatic carbocycles. The van der Waals surface area contributed by atoms with E-state index in [2.05, 4.69) is 20.8 Å². The van der Waals surface area contributed by atoms with Crippen molar-refractivity contribution in [2.24, 2.45) is 0 Å². The highest BCUT2D eigenvalue weighted by Crippen LogP contribution is 2.47. The van der Waals surface area contributed by atoms with E-state index in [1.54, 1.807) is 6.07 Å². The molecule has 37 heavy (non-hydrogen) atoms. The second kappa shape index (κ2) is 10.8. The number of morpholine rings is 1. The normalized spacial score (nSPS) is 18.9. The molecule has 2 atom stereocenters. The number of carbonyl (C=O) groups is 1. The summed E-state index contributed by atoms with van der Waals surface area (Å²) in [5, 5.41) is 9.88. The van der Waals surface area contributed by atoms with Gasteiger partial charge in [0.25, 0.3) is 0 Å². The van der Waals surface area contributed by atoms with Crippen LogP contribution in [0.4, 0.5) is 10.1 Å². The van der Waals surface area contributed by atoms with Crippen LogP contribution in [-0.4, -0.2) is 46.1 Å². The molecule has 0 aliphatic carbocycles. The third kappa shape index (κ3) is 5.79. The molecule has 0 amide bonds. The number of hydrogen-bond donors (Lipinski definition) is 1. The van der Waals surface area contributed by atoms with Gasteiger partial charge >= 0.3 is 5.97 Å². The van der Waals surface area contributed by atoms with Crippen molar-refractivity contribution in [3.8, 4) is 0 Å². The Hall–Kier alpha value is -3.00. The molecular formula is C30H36FNO4Si. The van der Waals surface area contributed by atoms with Gasteiger partial charge in [-0.3, -0.25) is 0 Å². The molecule has 0 radical (unpaired) electrons. The highest BCUT2D eigenvalue weighted by atomic mass is 28.2. The summed E-state index contributed by atoms with van der Waals surface area (Å²) in [5.74, 6) is -1.76. The Kier molecular flexibility index (Phi) is 7.87. The lowest BCUT2D eigenvalue weighted by Crippen LogP contribution is -2.47. The van der Waals surface area contributed by atoms with Crippen LogP contribution in [0.3, 0.4) is 0 Å². The number of rotatable bonds is 7. The van der Waals surface area contributed by atoms with Crippen LogP contribution < -0.4 is 4.90 Å². The molecule has 196 valence electrons. The summed E-state index contributed by atoms with van der Waals surface area (Å²) >= 11 is 0. The average molecular weight is 522 g/mol. The van der Waals surface area contributed by atoms with E-state index in [1.165, 1.54) is 0 Å². The molecule has 0 spiro atoms. The molecule has 0 aromatic heterocycles. The van der Waals surface area contributed by atoms with Gasteiger partial charge in [0.1, 0.15) is 11.4 Å². The number of halogens is 1. The third-order valence-electron chi connectivity index (χ3n) is 6.51. The van der Waals surface area contributed by atoms with Crippen LogP contribution in [-0.2, 0) is 14.8 Å². The van der Waals surface area contributed by atoms with Crippen LogP contribution in [0.5, 0.6) is 0 Å². The summed E-state index contributed by atoms with van der Waals surface area (Å²) in [6, 6.07) is 22.2. The molecular weight excluding hydrogens is 485 g/mol. The minimum atomic E-state index is -1.21. The smallest absolute Gasteiger partial charge is 0.335 e. The summed E-state index contributed by atoms with van der Waals surface area (Å²) in [7, 11) is -1.21. The van der Waals surface area contributed by atoms with E-state index < -0.39 is 27.2 Å². The fraction of sp³-hybridized carbons (Fsp3) is 0.367. The Balaban J connectivity index is 2.10. The van der Waals surface area contributed by atoms with Crippen molar-refractivity contribution in [3.63, 3.8) is 0 Å². The Morgan fingerprint density at radius 2 is 1.49 bits per heavy atom. The van der Waals surface area contributed by atoms with Crippen molar-refractivity contribution < 1.29 is 23.5 Å². The molecule has 1 saturated heterocycles. The highest BCUT2D eigenvalue weighted by molar-refractivity contribution is 6.32. The van der Waals surface area contributed by atoms with Gasteiger partial charge in [-0.2, -0.15) is 0 Å². The van der Waals surface area contributed by atoms with Crippen LogP contribution in [0.25, 0.3) is 0 Å². The number of aromatic carboxylic acids is 1. The molecule has 4 rings (SSSR count). The van der Waals surface area contributed by atoms with E-state index in [1.807, 2.05) is 79.4 Å². The van der Waals surface area contributed by atoms with Crippen LogP contribution >= 0.6 is 0 Å². The zero-order chi connectivity index (χ0) is 26.8. The van der Waals surface area contributed by atoms with Crippen molar-refractivity contribution in [1.29, 1.82) is 0 Å². The van der Waals surface area contributed by atoms with Gasteiger partial charge in [0.2, 0.25) is 0 Å². The SMILES string of the molecule is CC1CN(c2c(F)cc(C(=O)O)cc2C(O[SiH2]C(C)(C)C)(c2ccccc2)c2ccccc2)CC(C)O1. The van der Waals surface area contributed by atoms with E-state index in [9.17, 15) is 9.90 Å². The monoisotopic (exact) mass is 521 g/mol. The summed E-state index contributed by atoms with van der Waals surface area (Å²) < 4.78 is 29.1. The molecule has 1 N–H and O–H groups in total. The second-order valence-electron chi connectivity index (χ2n) is 11.1. The van der Waals surface area contributed by atoms with Gasteiger partial charge in [0, 0.05) is 18.7 Å².